The lowest BCUT2D eigenvalue weighted by molar-refractivity contribution is 0.0724. The quantitative estimate of drug-likeness (QED) is 0.606. The number of benzene rings is 3. The Balaban J connectivity index is 1.55. The molecular weight excluding hydrogens is 346 g/mol. The van der Waals surface area contributed by atoms with Crippen molar-refractivity contribution in [3.05, 3.63) is 101 Å². The average Bonchev–Trinajstić information content (AvgIpc) is 2.72. The van der Waals surface area contributed by atoms with Crippen LogP contribution in [0, 0.1) is 6.92 Å². The first-order valence-corrected chi connectivity index (χ1v) is 9.81. The van der Waals surface area contributed by atoms with Crippen LogP contribution in [0.15, 0.2) is 72.8 Å². The fraction of sp³-hybridized carbons (Fsp3) is 0.240. The summed E-state index contributed by atoms with van der Waals surface area (Å²) in [5.41, 5.74) is 5.33. The van der Waals surface area contributed by atoms with E-state index in [0.29, 0.717) is 13.1 Å². The molecule has 4 rings (SSSR count). The topological polar surface area (TPSA) is 29.5 Å². The maximum atomic E-state index is 13.1. The Morgan fingerprint density at radius 2 is 1.71 bits per heavy atom. The number of ether oxygens (including phenoxy) is 1. The SMILES string of the molecule is Cc1ccccc1CN1CCc2c(O[C@@H](C)c3ccccc3)cccc2C1=O. The van der Waals surface area contributed by atoms with Gasteiger partial charge in [-0.3, -0.25) is 4.79 Å². The molecule has 3 aromatic carbocycles. The number of rotatable bonds is 5. The highest BCUT2D eigenvalue weighted by molar-refractivity contribution is 5.97. The lowest BCUT2D eigenvalue weighted by atomic mass is 9.97. The molecule has 0 N–H and O–H groups in total. The second-order valence-electron chi connectivity index (χ2n) is 7.36. The fourth-order valence-corrected chi connectivity index (χ4v) is 3.78. The van der Waals surface area contributed by atoms with E-state index in [0.717, 1.165) is 28.9 Å². The zero-order valence-corrected chi connectivity index (χ0v) is 16.4. The minimum absolute atomic E-state index is 0.0622. The van der Waals surface area contributed by atoms with Crippen molar-refractivity contribution in [3.8, 4) is 5.75 Å². The molecule has 1 aliphatic heterocycles. The Kier molecular flexibility index (Phi) is 5.16. The van der Waals surface area contributed by atoms with Gasteiger partial charge < -0.3 is 9.64 Å². The Hall–Kier alpha value is -3.07. The minimum atomic E-state index is -0.0622. The molecule has 0 saturated carbocycles. The molecule has 0 aromatic heterocycles. The van der Waals surface area contributed by atoms with Gasteiger partial charge >= 0.3 is 0 Å². The van der Waals surface area contributed by atoms with E-state index < -0.39 is 0 Å². The summed E-state index contributed by atoms with van der Waals surface area (Å²) in [5.74, 6) is 0.903. The molecule has 0 bridgehead atoms. The second kappa shape index (κ2) is 7.89. The number of nitrogens with zero attached hydrogens (tertiary/aromatic N) is 1. The predicted octanol–water partition coefficient (Wildman–Crippen LogP) is 5.33. The van der Waals surface area contributed by atoms with Crippen LogP contribution in [0.2, 0.25) is 0 Å². The van der Waals surface area contributed by atoms with E-state index >= 15 is 0 Å². The molecule has 0 fully saturated rings. The van der Waals surface area contributed by atoms with Crippen LogP contribution >= 0.6 is 0 Å². The van der Waals surface area contributed by atoms with Gasteiger partial charge in [0.2, 0.25) is 0 Å². The molecule has 1 amide bonds. The van der Waals surface area contributed by atoms with Gasteiger partial charge in [0.05, 0.1) is 0 Å². The van der Waals surface area contributed by atoms with Gasteiger partial charge in [0.15, 0.2) is 0 Å². The third kappa shape index (κ3) is 3.65. The Bertz CT molecular complexity index is 981. The molecule has 0 spiro atoms. The van der Waals surface area contributed by atoms with Crippen LogP contribution in [0.5, 0.6) is 5.75 Å². The van der Waals surface area contributed by atoms with E-state index in [1.165, 1.54) is 11.1 Å². The van der Waals surface area contributed by atoms with Gasteiger partial charge in [0.1, 0.15) is 11.9 Å². The number of hydrogen-bond donors (Lipinski definition) is 0. The number of aryl methyl sites for hydroxylation is 1. The Labute approximate surface area is 166 Å². The summed E-state index contributed by atoms with van der Waals surface area (Å²) in [6, 6.07) is 24.2. The van der Waals surface area contributed by atoms with Crippen LogP contribution in [-0.2, 0) is 13.0 Å². The minimum Gasteiger partial charge on any atom is -0.486 e. The number of carbonyl (C=O) groups excluding carboxylic acids is 1. The van der Waals surface area contributed by atoms with Crippen molar-refractivity contribution in [2.45, 2.75) is 32.9 Å². The highest BCUT2D eigenvalue weighted by Crippen LogP contribution is 2.32. The molecule has 0 radical (unpaired) electrons. The van der Waals surface area contributed by atoms with E-state index in [1.807, 2.05) is 60.4 Å². The van der Waals surface area contributed by atoms with Gasteiger partial charge in [-0.2, -0.15) is 0 Å². The zero-order valence-electron chi connectivity index (χ0n) is 16.4. The van der Waals surface area contributed by atoms with Gasteiger partial charge in [0.25, 0.3) is 5.91 Å². The Morgan fingerprint density at radius 1 is 0.964 bits per heavy atom. The average molecular weight is 371 g/mol. The summed E-state index contributed by atoms with van der Waals surface area (Å²) in [6.07, 6.45) is 0.748. The molecule has 1 atom stereocenters. The van der Waals surface area contributed by atoms with E-state index in [2.05, 4.69) is 31.2 Å². The molecule has 1 heterocycles. The summed E-state index contributed by atoms with van der Waals surface area (Å²) >= 11 is 0. The second-order valence-corrected chi connectivity index (χ2v) is 7.36. The van der Waals surface area contributed by atoms with E-state index in [1.54, 1.807) is 0 Å². The lowest BCUT2D eigenvalue weighted by Gasteiger charge is -2.30. The van der Waals surface area contributed by atoms with Crippen molar-refractivity contribution < 1.29 is 9.53 Å². The summed E-state index contributed by atoms with van der Waals surface area (Å²) < 4.78 is 6.25. The van der Waals surface area contributed by atoms with Crippen LogP contribution in [0.25, 0.3) is 0 Å². The first-order chi connectivity index (χ1) is 13.6. The first kappa shape index (κ1) is 18.3. The molecule has 0 aliphatic carbocycles. The van der Waals surface area contributed by atoms with Gasteiger partial charge in [-0.25, -0.2) is 0 Å². The van der Waals surface area contributed by atoms with Crippen molar-refractivity contribution in [1.29, 1.82) is 0 Å². The summed E-state index contributed by atoms with van der Waals surface area (Å²) in [5, 5.41) is 0. The molecule has 0 saturated heterocycles. The van der Waals surface area contributed by atoms with E-state index in [9.17, 15) is 4.79 Å². The molecule has 3 heteroatoms. The molecule has 28 heavy (non-hydrogen) atoms. The summed E-state index contributed by atoms with van der Waals surface area (Å²) in [6.45, 7) is 5.50. The lowest BCUT2D eigenvalue weighted by Crippen LogP contribution is -2.37. The zero-order chi connectivity index (χ0) is 19.5. The molecular formula is C25H25NO2. The maximum absolute atomic E-state index is 13.1. The van der Waals surface area contributed by atoms with Crippen LogP contribution in [0.3, 0.4) is 0 Å². The van der Waals surface area contributed by atoms with Crippen molar-refractivity contribution >= 4 is 5.91 Å². The number of fused-ring (bicyclic) bond motifs is 1. The summed E-state index contributed by atoms with van der Waals surface area (Å²) in [4.78, 5) is 15.1. The highest BCUT2D eigenvalue weighted by atomic mass is 16.5. The monoisotopic (exact) mass is 371 g/mol. The number of carbonyl (C=O) groups is 1. The van der Waals surface area contributed by atoms with Crippen LogP contribution in [0.1, 0.15) is 45.6 Å². The maximum Gasteiger partial charge on any atom is 0.254 e. The van der Waals surface area contributed by atoms with E-state index in [-0.39, 0.29) is 12.0 Å². The molecule has 3 aromatic rings. The molecule has 3 nitrogen and oxygen atoms in total. The van der Waals surface area contributed by atoms with Crippen molar-refractivity contribution in [2.24, 2.45) is 0 Å². The first-order valence-electron chi connectivity index (χ1n) is 9.81. The van der Waals surface area contributed by atoms with Gasteiger partial charge in [0, 0.05) is 24.2 Å². The normalized spacial score (nSPS) is 14.5. The molecule has 1 aliphatic rings. The van der Waals surface area contributed by atoms with Gasteiger partial charge in [-0.05, 0) is 49.1 Å². The van der Waals surface area contributed by atoms with Gasteiger partial charge in [-0.15, -0.1) is 0 Å². The largest absolute Gasteiger partial charge is 0.486 e. The predicted molar refractivity (Wildman–Crippen MR) is 112 cm³/mol. The van der Waals surface area contributed by atoms with Crippen LogP contribution < -0.4 is 4.74 Å². The van der Waals surface area contributed by atoms with Crippen molar-refractivity contribution in [2.75, 3.05) is 6.54 Å². The van der Waals surface area contributed by atoms with Crippen LogP contribution in [-0.4, -0.2) is 17.4 Å². The van der Waals surface area contributed by atoms with Crippen molar-refractivity contribution in [1.82, 2.24) is 4.90 Å². The smallest absolute Gasteiger partial charge is 0.254 e. The summed E-state index contributed by atoms with van der Waals surface area (Å²) in [7, 11) is 0. The van der Waals surface area contributed by atoms with Crippen molar-refractivity contribution in [3.63, 3.8) is 0 Å². The highest BCUT2D eigenvalue weighted by Gasteiger charge is 2.27. The number of hydrogen-bond acceptors (Lipinski definition) is 2. The molecule has 0 unspecified atom stereocenters. The third-order valence-electron chi connectivity index (χ3n) is 5.48. The van der Waals surface area contributed by atoms with E-state index in [4.69, 9.17) is 4.74 Å². The standard InChI is InChI=1S/C25H25NO2/c1-18-9-6-7-12-21(18)17-26-16-15-22-23(25(26)27)13-8-14-24(22)28-19(2)20-10-4-3-5-11-20/h3-14,19H,15-17H2,1-2H3/t19-/m0/s1. The fourth-order valence-electron chi connectivity index (χ4n) is 3.78. The third-order valence-corrected chi connectivity index (χ3v) is 5.48. The number of amides is 1. The van der Waals surface area contributed by atoms with Crippen LogP contribution in [0.4, 0.5) is 0 Å². The van der Waals surface area contributed by atoms with Gasteiger partial charge in [-0.1, -0.05) is 60.7 Å². The molecule has 142 valence electrons. The Morgan fingerprint density at radius 3 is 2.50 bits per heavy atom.